The van der Waals surface area contributed by atoms with E-state index >= 15 is 0 Å². The smallest absolute Gasteiger partial charge is 0.254 e. The Morgan fingerprint density at radius 2 is 1.90 bits per heavy atom. The largest absolute Gasteiger partial charge is 0.399 e. The zero-order valence-electron chi connectivity index (χ0n) is 10.7. The molecule has 3 nitrogen and oxygen atoms in total. The van der Waals surface area contributed by atoms with Gasteiger partial charge in [0.2, 0.25) is 0 Å². The summed E-state index contributed by atoms with van der Waals surface area (Å²) >= 11 is 5.75. The number of amides is 1. The zero-order chi connectivity index (χ0) is 14.5. The molecule has 3 N–H and O–H groups in total. The van der Waals surface area contributed by atoms with Crippen molar-refractivity contribution in [1.82, 2.24) is 5.32 Å². The Morgan fingerprint density at radius 1 is 1.20 bits per heavy atom. The lowest BCUT2D eigenvalue weighted by molar-refractivity contribution is 0.0950. The fourth-order valence-electron chi connectivity index (χ4n) is 1.77. The standard InChI is InChI=1S/C15H14ClFN2O/c16-11-3-6-14(17)13(9-11)15(20)19-8-7-10-1-4-12(18)5-2-10/h1-6,9H,7-8,18H2,(H,19,20). The minimum atomic E-state index is -0.584. The summed E-state index contributed by atoms with van der Waals surface area (Å²) in [6.07, 6.45) is 0.647. The number of rotatable bonds is 4. The molecule has 0 spiro atoms. The Kier molecular flexibility index (Phi) is 4.58. The fourth-order valence-corrected chi connectivity index (χ4v) is 1.94. The van der Waals surface area contributed by atoms with Gasteiger partial charge in [-0.15, -0.1) is 0 Å². The summed E-state index contributed by atoms with van der Waals surface area (Å²) in [6, 6.07) is 11.3. The van der Waals surface area contributed by atoms with Gasteiger partial charge in [-0.3, -0.25) is 4.79 Å². The third-order valence-electron chi connectivity index (χ3n) is 2.85. The van der Waals surface area contributed by atoms with E-state index in [2.05, 4.69) is 5.32 Å². The Labute approximate surface area is 121 Å². The number of hydrogen-bond donors (Lipinski definition) is 2. The second-order valence-corrected chi connectivity index (χ2v) is 4.81. The minimum absolute atomic E-state index is 0.0465. The van der Waals surface area contributed by atoms with Crippen LogP contribution < -0.4 is 11.1 Å². The molecule has 104 valence electrons. The topological polar surface area (TPSA) is 55.1 Å². The van der Waals surface area contributed by atoms with Crippen molar-refractivity contribution in [2.24, 2.45) is 0 Å². The van der Waals surface area contributed by atoms with Crippen molar-refractivity contribution in [2.75, 3.05) is 12.3 Å². The van der Waals surface area contributed by atoms with Gasteiger partial charge in [0.05, 0.1) is 5.56 Å². The highest BCUT2D eigenvalue weighted by Gasteiger charge is 2.11. The van der Waals surface area contributed by atoms with Gasteiger partial charge in [0.25, 0.3) is 5.91 Å². The summed E-state index contributed by atoms with van der Waals surface area (Å²) in [5.41, 5.74) is 7.28. The van der Waals surface area contributed by atoms with Crippen molar-refractivity contribution in [3.05, 3.63) is 64.4 Å². The molecule has 0 aliphatic carbocycles. The van der Waals surface area contributed by atoms with Gasteiger partial charge in [-0.2, -0.15) is 0 Å². The molecule has 0 atom stereocenters. The van der Waals surface area contributed by atoms with Gasteiger partial charge in [-0.05, 0) is 42.3 Å². The van der Waals surface area contributed by atoms with E-state index in [1.54, 1.807) is 12.1 Å². The molecule has 2 aromatic carbocycles. The predicted molar refractivity (Wildman–Crippen MR) is 78.3 cm³/mol. The molecule has 2 rings (SSSR count). The monoisotopic (exact) mass is 292 g/mol. The van der Waals surface area contributed by atoms with Crippen LogP contribution in [0.15, 0.2) is 42.5 Å². The van der Waals surface area contributed by atoms with Crippen molar-refractivity contribution in [1.29, 1.82) is 0 Å². The highest BCUT2D eigenvalue weighted by molar-refractivity contribution is 6.30. The molecule has 0 saturated carbocycles. The molecule has 5 heteroatoms. The SMILES string of the molecule is Nc1ccc(CCNC(=O)c2cc(Cl)ccc2F)cc1. The summed E-state index contributed by atoms with van der Waals surface area (Å²) in [5, 5.41) is 2.99. The van der Waals surface area contributed by atoms with E-state index in [0.29, 0.717) is 23.7 Å². The maximum Gasteiger partial charge on any atom is 0.254 e. The molecular formula is C15H14ClFN2O. The quantitative estimate of drug-likeness (QED) is 0.851. The van der Waals surface area contributed by atoms with Gasteiger partial charge in [0, 0.05) is 17.3 Å². The van der Waals surface area contributed by atoms with Crippen LogP contribution in [0.4, 0.5) is 10.1 Å². The fraction of sp³-hybridized carbons (Fsp3) is 0.133. The molecule has 0 saturated heterocycles. The van der Waals surface area contributed by atoms with E-state index in [9.17, 15) is 9.18 Å². The number of halogens is 2. The van der Waals surface area contributed by atoms with Gasteiger partial charge in [0.1, 0.15) is 5.82 Å². The van der Waals surface area contributed by atoms with Crippen molar-refractivity contribution < 1.29 is 9.18 Å². The number of benzene rings is 2. The Balaban J connectivity index is 1.92. The minimum Gasteiger partial charge on any atom is -0.399 e. The van der Waals surface area contributed by atoms with E-state index in [1.807, 2.05) is 12.1 Å². The van der Waals surface area contributed by atoms with Crippen LogP contribution in [0, 0.1) is 5.82 Å². The molecule has 0 unspecified atom stereocenters. The van der Waals surface area contributed by atoms with E-state index < -0.39 is 11.7 Å². The van der Waals surface area contributed by atoms with E-state index in [0.717, 1.165) is 5.56 Å². The summed E-state index contributed by atoms with van der Waals surface area (Å²) in [7, 11) is 0. The van der Waals surface area contributed by atoms with Crippen LogP contribution >= 0.6 is 11.6 Å². The number of nitrogens with two attached hydrogens (primary N) is 1. The Morgan fingerprint density at radius 3 is 2.60 bits per heavy atom. The number of hydrogen-bond acceptors (Lipinski definition) is 2. The first kappa shape index (κ1) is 14.3. The van der Waals surface area contributed by atoms with Crippen molar-refractivity contribution in [3.63, 3.8) is 0 Å². The predicted octanol–water partition coefficient (Wildman–Crippen LogP) is 3.03. The average Bonchev–Trinajstić information content (AvgIpc) is 2.43. The second-order valence-electron chi connectivity index (χ2n) is 4.37. The lowest BCUT2D eigenvalue weighted by Crippen LogP contribution is -2.26. The van der Waals surface area contributed by atoms with Gasteiger partial charge >= 0.3 is 0 Å². The molecule has 0 aromatic heterocycles. The van der Waals surface area contributed by atoms with Crippen LogP contribution in [0.5, 0.6) is 0 Å². The molecule has 0 aliphatic heterocycles. The van der Waals surface area contributed by atoms with Crippen molar-refractivity contribution in [2.45, 2.75) is 6.42 Å². The van der Waals surface area contributed by atoms with Gasteiger partial charge in [-0.25, -0.2) is 4.39 Å². The average molecular weight is 293 g/mol. The molecule has 1 amide bonds. The summed E-state index contributed by atoms with van der Waals surface area (Å²) in [6.45, 7) is 0.411. The Hall–Kier alpha value is -2.07. The third kappa shape index (κ3) is 3.71. The van der Waals surface area contributed by atoms with Gasteiger partial charge < -0.3 is 11.1 Å². The van der Waals surface area contributed by atoms with E-state index in [1.165, 1.54) is 18.2 Å². The lowest BCUT2D eigenvalue weighted by Gasteiger charge is -2.07. The highest BCUT2D eigenvalue weighted by Crippen LogP contribution is 2.14. The normalized spacial score (nSPS) is 10.3. The van der Waals surface area contributed by atoms with Crippen molar-refractivity contribution >= 4 is 23.2 Å². The molecule has 0 heterocycles. The summed E-state index contributed by atoms with van der Waals surface area (Å²) < 4.78 is 13.5. The summed E-state index contributed by atoms with van der Waals surface area (Å²) in [4.78, 5) is 11.8. The van der Waals surface area contributed by atoms with Crippen LogP contribution in [0.1, 0.15) is 15.9 Å². The Bertz CT molecular complexity index is 614. The van der Waals surface area contributed by atoms with Crippen LogP contribution in [0.25, 0.3) is 0 Å². The third-order valence-corrected chi connectivity index (χ3v) is 3.09. The van der Waals surface area contributed by atoms with Crippen LogP contribution in [0.3, 0.4) is 0 Å². The summed E-state index contributed by atoms with van der Waals surface area (Å²) in [5.74, 6) is -1.06. The number of carbonyl (C=O) groups is 1. The maximum atomic E-state index is 13.5. The van der Waals surface area contributed by atoms with E-state index in [4.69, 9.17) is 17.3 Å². The van der Waals surface area contributed by atoms with Crippen molar-refractivity contribution in [3.8, 4) is 0 Å². The molecule has 0 radical (unpaired) electrons. The zero-order valence-corrected chi connectivity index (χ0v) is 11.5. The molecule has 20 heavy (non-hydrogen) atoms. The highest BCUT2D eigenvalue weighted by atomic mass is 35.5. The van der Waals surface area contributed by atoms with Crippen LogP contribution in [-0.4, -0.2) is 12.5 Å². The number of anilines is 1. The molecule has 0 aliphatic rings. The molecule has 2 aromatic rings. The van der Waals surface area contributed by atoms with E-state index in [-0.39, 0.29) is 5.56 Å². The molecule has 0 fully saturated rings. The number of carbonyl (C=O) groups excluding carboxylic acids is 1. The lowest BCUT2D eigenvalue weighted by atomic mass is 10.1. The number of nitrogens with one attached hydrogen (secondary N) is 1. The van der Waals surface area contributed by atoms with Crippen LogP contribution in [0.2, 0.25) is 5.02 Å². The first-order chi connectivity index (χ1) is 9.56. The number of nitrogen functional groups attached to an aromatic ring is 1. The first-order valence-electron chi connectivity index (χ1n) is 6.14. The first-order valence-corrected chi connectivity index (χ1v) is 6.52. The second kappa shape index (κ2) is 6.39. The van der Waals surface area contributed by atoms with Crippen LogP contribution in [-0.2, 0) is 6.42 Å². The maximum absolute atomic E-state index is 13.5. The van der Waals surface area contributed by atoms with Gasteiger partial charge in [-0.1, -0.05) is 23.7 Å². The van der Waals surface area contributed by atoms with Gasteiger partial charge in [0.15, 0.2) is 0 Å². The molecule has 0 bridgehead atoms. The molecular weight excluding hydrogens is 279 g/mol.